The second-order valence-corrected chi connectivity index (χ2v) is 6.84. The summed E-state index contributed by atoms with van der Waals surface area (Å²) in [6.45, 7) is 0.603. The van der Waals surface area contributed by atoms with Crippen molar-refractivity contribution in [3.05, 3.63) is 77.9 Å². The number of carboxylic acid groups (broad SMARTS) is 1. The molecule has 1 atom stereocenters. The van der Waals surface area contributed by atoms with Crippen LogP contribution in [0.5, 0.6) is 5.75 Å². The predicted molar refractivity (Wildman–Crippen MR) is 109 cm³/mol. The van der Waals surface area contributed by atoms with Gasteiger partial charge in [0.05, 0.1) is 24.1 Å². The van der Waals surface area contributed by atoms with Gasteiger partial charge in [0.1, 0.15) is 11.6 Å². The van der Waals surface area contributed by atoms with Crippen molar-refractivity contribution in [3.8, 4) is 16.9 Å². The van der Waals surface area contributed by atoms with E-state index in [0.717, 1.165) is 28.9 Å². The SMILES string of the molecule is O=C(O)c1ccncc1N=CCC1CCOc2cc(-c3ccc(F)cc3)ccc21. The highest BCUT2D eigenvalue weighted by molar-refractivity contribution is 5.93. The summed E-state index contributed by atoms with van der Waals surface area (Å²) in [5.74, 6) is -0.231. The highest BCUT2D eigenvalue weighted by atomic mass is 19.1. The van der Waals surface area contributed by atoms with Crippen molar-refractivity contribution in [1.82, 2.24) is 4.98 Å². The fourth-order valence-corrected chi connectivity index (χ4v) is 3.48. The van der Waals surface area contributed by atoms with Crippen molar-refractivity contribution in [2.75, 3.05) is 6.61 Å². The summed E-state index contributed by atoms with van der Waals surface area (Å²) in [4.78, 5) is 19.6. The van der Waals surface area contributed by atoms with E-state index in [0.29, 0.717) is 18.7 Å². The first kappa shape index (κ1) is 18.8. The van der Waals surface area contributed by atoms with E-state index in [4.69, 9.17) is 4.74 Å². The molecule has 146 valence electrons. The average molecular weight is 390 g/mol. The van der Waals surface area contributed by atoms with Crippen LogP contribution >= 0.6 is 0 Å². The number of ether oxygens (including phenoxy) is 1. The Labute approximate surface area is 167 Å². The largest absolute Gasteiger partial charge is 0.493 e. The zero-order valence-electron chi connectivity index (χ0n) is 15.6. The third kappa shape index (κ3) is 4.16. The molecule has 0 saturated carbocycles. The van der Waals surface area contributed by atoms with E-state index in [1.807, 2.05) is 18.2 Å². The second kappa shape index (κ2) is 8.22. The quantitative estimate of drug-likeness (QED) is 0.605. The molecule has 1 unspecified atom stereocenters. The van der Waals surface area contributed by atoms with Gasteiger partial charge in [0.25, 0.3) is 0 Å². The first-order valence-corrected chi connectivity index (χ1v) is 9.34. The minimum absolute atomic E-state index is 0.132. The van der Waals surface area contributed by atoms with Gasteiger partial charge in [-0.15, -0.1) is 0 Å². The molecular weight excluding hydrogens is 371 g/mol. The predicted octanol–water partition coefficient (Wildman–Crippen LogP) is 5.24. The number of hydrogen-bond acceptors (Lipinski definition) is 4. The number of pyridine rings is 1. The van der Waals surface area contributed by atoms with E-state index in [1.165, 1.54) is 30.6 Å². The molecule has 0 bridgehead atoms. The van der Waals surface area contributed by atoms with Crippen molar-refractivity contribution in [2.24, 2.45) is 4.99 Å². The lowest BCUT2D eigenvalue weighted by Crippen LogP contribution is -2.14. The molecule has 1 aromatic heterocycles. The number of carboxylic acids is 1. The Hall–Kier alpha value is -3.54. The number of hydrogen-bond donors (Lipinski definition) is 1. The van der Waals surface area contributed by atoms with Gasteiger partial charge in [-0.1, -0.05) is 24.3 Å². The van der Waals surface area contributed by atoms with Gasteiger partial charge < -0.3 is 9.84 Å². The topological polar surface area (TPSA) is 71.8 Å². The highest BCUT2D eigenvalue weighted by Crippen LogP contribution is 2.38. The van der Waals surface area contributed by atoms with Crippen LogP contribution in [0.4, 0.5) is 10.1 Å². The highest BCUT2D eigenvalue weighted by Gasteiger charge is 2.21. The summed E-state index contributed by atoms with van der Waals surface area (Å²) in [7, 11) is 0. The Kier molecular flexibility index (Phi) is 5.33. The maximum absolute atomic E-state index is 13.2. The number of carbonyl (C=O) groups is 1. The first-order chi connectivity index (χ1) is 14.1. The normalized spacial score (nSPS) is 15.7. The second-order valence-electron chi connectivity index (χ2n) is 6.84. The lowest BCUT2D eigenvalue weighted by Gasteiger charge is -2.25. The molecule has 2 heterocycles. The molecule has 6 heteroatoms. The van der Waals surface area contributed by atoms with Crippen LogP contribution in [-0.2, 0) is 0 Å². The van der Waals surface area contributed by atoms with Gasteiger partial charge in [0, 0.05) is 12.4 Å². The zero-order chi connectivity index (χ0) is 20.2. The Morgan fingerprint density at radius 3 is 2.79 bits per heavy atom. The lowest BCUT2D eigenvalue weighted by molar-refractivity contribution is 0.0697. The molecule has 0 spiro atoms. The van der Waals surface area contributed by atoms with Gasteiger partial charge in [-0.2, -0.15) is 0 Å². The van der Waals surface area contributed by atoms with Crippen LogP contribution in [0.1, 0.15) is 34.7 Å². The molecule has 29 heavy (non-hydrogen) atoms. The zero-order valence-corrected chi connectivity index (χ0v) is 15.6. The van der Waals surface area contributed by atoms with Gasteiger partial charge in [0.15, 0.2) is 0 Å². The minimum atomic E-state index is -1.02. The number of benzene rings is 2. The average Bonchev–Trinajstić information content (AvgIpc) is 2.74. The summed E-state index contributed by atoms with van der Waals surface area (Å²) in [5, 5.41) is 9.24. The van der Waals surface area contributed by atoms with Crippen LogP contribution in [0.2, 0.25) is 0 Å². The molecule has 0 aliphatic carbocycles. The van der Waals surface area contributed by atoms with E-state index in [2.05, 4.69) is 9.98 Å². The molecule has 0 saturated heterocycles. The molecule has 3 aromatic rings. The van der Waals surface area contributed by atoms with Gasteiger partial charge in [-0.05, 0) is 59.7 Å². The Bertz CT molecular complexity index is 1060. The van der Waals surface area contributed by atoms with Crippen LogP contribution in [-0.4, -0.2) is 28.9 Å². The third-order valence-corrected chi connectivity index (χ3v) is 5.01. The van der Waals surface area contributed by atoms with Crippen LogP contribution in [0, 0.1) is 5.82 Å². The van der Waals surface area contributed by atoms with Crippen LogP contribution < -0.4 is 4.74 Å². The Morgan fingerprint density at radius 1 is 1.21 bits per heavy atom. The molecule has 1 N–H and O–H groups in total. The van der Waals surface area contributed by atoms with Gasteiger partial charge in [0.2, 0.25) is 0 Å². The molecule has 0 radical (unpaired) electrons. The Balaban J connectivity index is 1.53. The monoisotopic (exact) mass is 390 g/mol. The van der Waals surface area contributed by atoms with Crippen molar-refractivity contribution in [2.45, 2.75) is 18.8 Å². The fourth-order valence-electron chi connectivity index (χ4n) is 3.48. The molecule has 1 aliphatic rings. The molecule has 2 aromatic carbocycles. The van der Waals surface area contributed by atoms with E-state index in [1.54, 1.807) is 18.3 Å². The standard InChI is InChI=1S/C23H19FN2O3/c24-18-4-1-15(2-5-18)17-3-6-19-16(9-12-29-22(19)13-17)7-11-26-21-14-25-10-8-20(21)23(27)28/h1-6,8,10-11,13-14,16H,7,9,12H2,(H,27,28). The third-order valence-electron chi connectivity index (χ3n) is 5.01. The summed E-state index contributed by atoms with van der Waals surface area (Å²) >= 11 is 0. The molecule has 4 rings (SSSR count). The summed E-state index contributed by atoms with van der Waals surface area (Å²) in [6, 6.07) is 13.9. The van der Waals surface area contributed by atoms with E-state index < -0.39 is 5.97 Å². The first-order valence-electron chi connectivity index (χ1n) is 9.34. The summed E-state index contributed by atoms with van der Waals surface area (Å²) in [6.07, 6.45) is 6.16. The smallest absolute Gasteiger partial charge is 0.338 e. The van der Waals surface area contributed by atoms with Crippen LogP contribution in [0.15, 0.2) is 65.9 Å². The maximum Gasteiger partial charge on any atom is 0.338 e. The van der Waals surface area contributed by atoms with Crippen molar-refractivity contribution < 1.29 is 19.0 Å². The van der Waals surface area contributed by atoms with Crippen LogP contribution in [0.3, 0.4) is 0 Å². The van der Waals surface area contributed by atoms with E-state index >= 15 is 0 Å². The summed E-state index contributed by atoms with van der Waals surface area (Å²) < 4.78 is 19.0. The van der Waals surface area contributed by atoms with Crippen molar-refractivity contribution in [3.63, 3.8) is 0 Å². The molecule has 0 fully saturated rings. The van der Waals surface area contributed by atoms with Gasteiger partial charge in [-0.3, -0.25) is 9.98 Å². The number of nitrogens with zero attached hydrogens (tertiary/aromatic N) is 2. The number of aromatic nitrogens is 1. The summed E-state index contributed by atoms with van der Waals surface area (Å²) in [5.41, 5.74) is 3.48. The number of halogens is 1. The Morgan fingerprint density at radius 2 is 2.00 bits per heavy atom. The van der Waals surface area contributed by atoms with Crippen molar-refractivity contribution in [1.29, 1.82) is 0 Å². The van der Waals surface area contributed by atoms with E-state index in [9.17, 15) is 14.3 Å². The van der Waals surface area contributed by atoms with Gasteiger partial charge in [-0.25, -0.2) is 9.18 Å². The fraction of sp³-hybridized carbons (Fsp3) is 0.174. The number of aliphatic imine (C=N–C) groups is 1. The number of aromatic carboxylic acids is 1. The molecule has 1 aliphatic heterocycles. The minimum Gasteiger partial charge on any atom is -0.493 e. The number of fused-ring (bicyclic) bond motifs is 1. The molecular formula is C23H19FN2O3. The lowest BCUT2D eigenvalue weighted by atomic mass is 9.89. The van der Waals surface area contributed by atoms with Crippen molar-refractivity contribution >= 4 is 17.9 Å². The van der Waals surface area contributed by atoms with Gasteiger partial charge >= 0.3 is 5.97 Å². The molecule has 0 amide bonds. The maximum atomic E-state index is 13.2. The number of rotatable bonds is 5. The van der Waals surface area contributed by atoms with Crippen LogP contribution in [0.25, 0.3) is 11.1 Å². The molecule has 5 nitrogen and oxygen atoms in total. The van der Waals surface area contributed by atoms with E-state index in [-0.39, 0.29) is 17.3 Å².